The van der Waals surface area contributed by atoms with Crippen LogP contribution in [0.15, 0.2) is 45.6 Å². The average molecular weight is 288 g/mol. The highest BCUT2D eigenvalue weighted by Gasteiger charge is 2.39. The van der Waals surface area contributed by atoms with E-state index < -0.39 is 0 Å². The van der Waals surface area contributed by atoms with Crippen molar-refractivity contribution in [3.8, 4) is 0 Å². The van der Waals surface area contributed by atoms with Gasteiger partial charge in [0.05, 0.1) is 31.0 Å². The van der Waals surface area contributed by atoms with Gasteiger partial charge in [-0.15, -0.1) is 0 Å². The van der Waals surface area contributed by atoms with E-state index >= 15 is 0 Å². The topological polar surface area (TPSA) is 58.6 Å². The maximum atomic E-state index is 12.9. The smallest absolute Gasteiger partial charge is 0.230 e. The Bertz CT molecular complexity index is 532. The Kier molecular flexibility index (Phi) is 3.84. The minimum atomic E-state index is -0.348. The molecule has 1 aliphatic heterocycles. The van der Waals surface area contributed by atoms with Gasteiger partial charge < -0.3 is 19.1 Å². The molecule has 0 saturated carbocycles. The fourth-order valence-electron chi connectivity index (χ4n) is 2.76. The average Bonchev–Trinajstić information content (AvgIpc) is 3.20. The number of nitrogens with one attached hydrogen (secondary N) is 1. The normalized spacial score (nSPS) is 21.6. The first kappa shape index (κ1) is 13.9. The molecule has 3 heterocycles. The predicted octanol–water partition coefficient (Wildman–Crippen LogP) is 2.40. The first-order valence-electron chi connectivity index (χ1n) is 7.22. The summed E-state index contributed by atoms with van der Waals surface area (Å²) in [5, 5.41) is 3.27. The number of furan rings is 2. The second kappa shape index (κ2) is 5.77. The Morgan fingerprint density at radius 2 is 1.86 bits per heavy atom. The van der Waals surface area contributed by atoms with Crippen LogP contribution in [-0.4, -0.2) is 23.9 Å². The Morgan fingerprint density at radius 3 is 2.29 bits per heavy atom. The van der Waals surface area contributed by atoms with Crippen LogP contribution in [0.1, 0.15) is 24.9 Å². The van der Waals surface area contributed by atoms with E-state index in [0.717, 1.165) is 31.0 Å². The fourth-order valence-corrected chi connectivity index (χ4v) is 2.76. The van der Waals surface area contributed by atoms with Crippen LogP contribution in [0.25, 0.3) is 0 Å². The molecule has 112 valence electrons. The predicted molar refractivity (Wildman–Crippen MR) is 77.3 cm³/mol. The van der Waals surface area contributed by atoms with Gasteiger partial charge in [0.2, 0.25) is 5.91 Å². The third-order valence-electron chi connectivity index (χ3n) is 4.03. The molecule has 0 radical (unpaired) electrons. The fraction of sp³-hybridized carbons (Fsp3) is 0.438. The van der Waals surface area contributed by atoms with Gasteiger partial charge in [-0.1, -0.05) is 0 Å². The van der Waals surface area contributed by atoms with Crippen molar-refractivity contribution in [3.05, 3.63) is 48.3 Å². The Morgan fingerprint density at radius 1 is 1.24 bits per heavy atom. The molecule has 0 bridgehead atoms. The summed E-state index contributed by atoms with van der Waals surface area (Å²) < 4.78 is 10.8. The Labute approximate surface area is 123 Å². The van der Waals surface area contributed by atoms with E-state index in [-0.39, 0.29) is 11.3 Å². The van der Waals surface area contributed by atoms with Crippen molar-refractivity contribution in [3.63, 3.8) is 0 Å². The monoisotopic (exact) mass is 288 g/mol. The minimum Gasteiger partial charge on any atom is -0.467 e. The van der Waals surface area contributed by atoms with Gasteiger partial charge >= 0.3 is 0 Å². The van der Waals surface area contributed by atoms with Crippen molar-refractivity contribution in [2.75, 3.05) is 13.1 Å². The summed E-state index contributed by atoms with van der Waals surface area (Å²) in [7, 11) is 0. The molecular formula is C16H20N2O3. The van der Waals surface area contributed by atoms with Gasteiger partial charge in [-0.25, -0.2) is 0 Å². The maximum Gasteiger partial charge on any atom is 0.230 e. The molecule has 2 aromatic rings. The summed E-state index contributed by atoms with van der Waals surface area (Å²) in [4.78, 5) is 14.7. The highest BCUT2D eigenvalue weighted by Crippen LogP contribution is 2.29. The minimum absolute atomic E-state index is 0.139. The lowest BCUT2D eigenvalue weighted by Crippen LogP contribution is -2.42. The molecule has 5 heteroatoms. The maximum absolute atomic E-state index is 12.9. The molecule has 3 rings (SSSR count). The molecule has 1 unspecified atom stereocenters. The van der Waals surface area contributed by atoms with Gasteiger partial charge in [0.15, 0.2) is 0 Å². The summed E-state index contributed by atoms with van der Waals surface area (Å²) in [5.41, 5.74) is -0.348. The third-order valence-corrected chi connectivity index (χ3v) is 4.03. The van der Waals surface area contributed by atoms with Crippen molar-refractivity contribution in [1.82, 2.24) is 10.2 Å². The zero-order chi connectivity index (χ0) is 14.7. The van der Waals surface area contributed by atoms with Crippen molar-refractivity contribution >= 4 is 5.91 Å². The summed E-state index contributed by atoms with van der Waals surface area (Å²) in [6.45, 7) is 4.55. The lowest BCUT2D eigenvalue weighted by Gasteiger charge is -2.30. The van der Waals surface area contributed by atoms with E-state index in [9.17, 15) is 4.79 Å². The second-order valence-corrected chi connectivity index (χ2v) is 5.81. The Balaban J connectivity index is 1.79. The van der Waals surface area contributed by atoms with Gasteiger partial charge in [0, 0.05) is 6.54 Å². The zero-order valence-corrected chi connectivity index (χ0v) is 12.2. The van der Waals surface area contributed by atoms with E-state index in [2.05, 4.69) is 5.32 Å². The van der Waals surface area contributed by atoms with Crippen LogP contribution in [-0.2, 0) is 17.9 Å². The number of carbonyl (C=O) groups excluding carboxylic acids is 1. The van der Waals surface area contributed by atoms with Crippen LogP contribution in [0.4, 0.5) is 0 Å². The van der Waals surface area contributed by atoms with Gasteiger partial charge in [0.25, 0.3) is 0 Å². The SMILES string of the molecule is CC1(C(=O)N(Cc2ccco2)Cc2ccco2)CCNC1. The molecular weight excluding hydrogens is 268 g/mol. The molecule has 1 amide bonds. The summed E-state index contributed by atoms with van der Waals surface area (Å²) in [6, 6.07) is 7.45. The van der Waals surface area contributed by atoms with Gasteiger partial charge in [-0.05, 0) is 44.2 Å². The molecule has 5 nitrogen and oxygen atoms in total. The van der Waals surface area contributed by atoms with Gasteiger partial charge in [0.1, 0.15) is 11.5 Å². The molecule has 1 atom stereocenters. The number of hydrogen-bond donors (Lipinski definition) is 1. The van der Waals surface area contributed by atoms with Crippen molar-refractivity contribution < 1.29 is 13.6 Å². The standard InChI is InChI=1S/C16H20N2O3/c1-16(6-7-17-12-16)15(19)18(10-13-4-2-8-20-13)11-14-5-3-9-21-14/h2-5,8-9,17H,6-7,10-12H2,1H3. The largest absolute Gasteiger partial charge is 0.467 e. The first-order chi connectivity index (χ1) is 10.2. The Hall–Kier alpha value is -2.01. The van der Waals surface area contributed by atoms with Crippen molar-refractivity contribution in [2.45, 2.75) is 26.4 Å². The van der Waals surface area contributed by atoms with Crippen molar-refractivity contribution in [2.24, 2.45) is 5.41 Å². The molecule has 1 saturated heterocycles. The number of nitrogens with zero attached hydrogens (tertiary/aromatic N) is 1. The van der Waals surface area contributed by atoms with Crippen LogP contribution >= 0.6 is 0 Å². The number of carbonyl (C=O) groups is 1. The number of rotatable bonds is 5. The van der Waals surface area contributed by atoms with Crippen LogP contribution in [0.3, 0.4) is 0 Å². The number of hydrogen-bond acceptors (Lipinski definition) is 4. The summed E-state index contributed by atoms with van der Waals surface area (Å²) in [6.07, 6.45) is 4.12. The van der Waals surface area contributed by atoms with E-state index in [1.165, 1.54) is 0 Å². The van der Waals surface area contributed by atoms with Gasteiger partial charge in [-0.3, -0.25) is 4.79 Å². The molecule has 21 heavy (non-hydrogen) atoms. The van der Waals surface area contributed by atoms with E-state index in [4.69, 9.17) is 8.83 Å². The molecule has 1 fully saturated rings. The van der Waals surface area contributed by atoms with Gasteiger partial charge in [-0.2, -0.15) is 0 Å². The molecule has 1 aliphatic rings. The summed E-state index contributed by atoms with van der Waals surface area (Å²) >= 11 is 0. The lowest BCUT2D eigenvalue weighted by atomic mass is 9.88. The third kappa shape index (κ3) is 3.03. The molecule has 2 aromatic heterocycles. The second-order valence-electron chi connectivity index (χ2n) is 5.81. The number of amides is 1. The van der Waals surface area contributed by atoms with E-state index in [1.54, 1.807) is 12.5 Å². The molecule has 0 aromatic carbocycles. The van der Waals surface area contributed by atoms with Crippen LogP contribution in [0.2, 0.25) is 0 Å². The van der Waals surface area contributed by atoms with Crippen LogP contribution < -0.4 is 5.32 Å². The quantitative estimate of drug-likeness (QED) is 0.918. The highest BCUT2D eigenvalue weighted by atomic mass is 16.3. The summed E-state index contributed by atoms with van der Waals surface area (Å²) in [5.74, 6) is 1.70. The lowest BCUT2D eigenvalue weighted by molar-refractivity contribution is -0.142. The molecule has 0 spiro atoms. The van der Waals surface area contributed by atoms with Crippen molar-refractivity contribution in [1.29, 1.82) is 0 Å². The van der Waals surface area contributed by atoms with Crippen LogP contribution in [0.5, 0.6) is 0 Å². The molecule has 0 aliphatic carbocycles. The first-order valence-corrected chi connectivity index (χ1v) is 7.22. The highest BCUT2D eigenvalue weighted by molar-refractivity contribution is 5.83. The zero-order valence-electron chi connectivity index (χ0n) is 12.2. The van der Waals surface area contributed by atoms with E-state index in [1.807, 2.05) is 36.1 Å². The van der Waals surface area contributed by atoms with E-state index in [0.29, 0.717) is 13.1 Å². The van der Waals surface area contributed by atoms with Crippen LogP contribution in [0, 0.1) is 5.41 Å². The molecule has 1 N–H and O–H groups in total.